The van der Waals surface area contributed by atoms with E-state index in [4.69, 9.17) is 5.73 Å². The van der Waals surface area contributed by atoms with Gasteiger partial charge in [0, 0.05) is 19.1 Å². The Kier molecular flexibility index (Phi) is 5.09. The van der Waals surface area contributed by atoms with Gasteiger partial charge in [0.15, 0.2) is 0 Å². The van der Waals surface area contributed by atoms with E-state index in [1.54, 1.807) is 0 Å². The Bertz CT molecular complexity index is 212. The van der Waals surface area contributed by atoms with Gasteiger partial charge in [-0.2, -0.15) is 0 Å². The predicted molar refractivity (Wildman–Crippen MR) is 72.0 cm³/mol. The average Bonchev–Trinajstić information content (AvgIpc) is 2.63. The molecule has 1 unspecified atom stereocenters. The highest BCUT2D eigenvalue weighted by molar-refractivity contribution is 5.85. The number of rotatable bonds is 2. The molecule has 3 heteroatoms. The lowest BCUT2D eigenvalue weighted by atomic mass is 9.79. The van der Waals surface area contributed by atoms with Crippen LogP contribution < -0.4 is 5.73 Å². The summed E-state index contributed by atoms with van der Waals surface area (Å²) in [6, 6.07) is 0.400. The van der Waals surface area contributed by atoms with Crippen LogP contribution in [0.4, 0.5) is 0 Å². The van der Waals surface area contributed by atoms with Crippen LogP contribution in [0.15, 0.2) is 0 Å². The van der Waals surface area contributed by atoms with E-state index in [-0.39, 0.29) is 12.4 Å². The van der Waals surface area contributed by atoms with Crippen LogP contribution in [-0.2, 0) is 0 Å². The van der Waals surface area contributed by atoms with Gasteiger partial charge >= 0.3 is 0 Å². The van der Waals surface area contributed by atoms with Crippen LogP contribution in [0, 0.1) is 11.3 Å². The number of nitrogens with zero attached hydrogens (tertiary/aromatic N) is 1. The summed E-state index contributed by atoms with van der Waals surface area (Å²) in [5.41, 5.74) is 6.47. The third kappa shape index (κ3) is 3.35. The van der Waals surface area contributed by atoms with Gasteiger partial charge < -0.3 is 10.6 Å². The molecule has 96 valence electrons. The largest absolute Gasteiger partial charge is 0.327 e. The molecule has 2 nitrogen and oxygen atoms in total. The fourth-order valence-corrected chi connectivity index (χ4v) is 3.20. The summed E-state index contributed by atoms with van der Waals surface area (Å²) in [6.45, 7) is 8.39. The van der Waals surface area contributed by atoms with Crippen molar-refractivity contribution < 1.29 is 0 Å². The van der Waals surface area contributed by atoms with Crippen LogP contribution >= 0.6 is 12.4 Å². The van der Waals surface area contributed by atoms with Crippen molar-refractivity contribution in [1.82, 2.24) is 4.90 Å². The zero-order valence-electron chi connectivity index (χ0n) is 10.7. The minimum Gasteiger partial charge on any atom is -0.327 e. The second kappa shape index (κ2) is 5.70. The quantitative estimate of drug-likeness (QED) is 0.812. The van der Waals surface area contributed by atoms with Gasteiger partial charge in [0.25, 0.3) is 0 Å². The van der Waals surface area contributed by atoms with Gasteiger partial charge in [-0.05, 0) is 37.1 Å². The van der Waals surface area contributed by atoms with Gasteiger partial charge in [-0.25, -0.2) is 0 Å². The molecule has 16 heavy (non-hydrogen) atoms. The number of nitrogens with two attached hydrogens (primary N) is 1. The van der Waals surface area contributed by atoms with Crippen molar-refractivity contribution in [2.45, 2.75) is 52.0 Å². The third-order valence-electron chi connectivity index (χ3n) is 4.38. The minimum absolute atomic E-state index is 0. The Morgan fingerprint density at radius 2 is 1.81 bits per heavy atom. The first kappa shape index (κ1) is 14.3. The minimum atomic E-state index is 0. The maximum Gasteiger partial charge on any atom is 0.0115 e. The summed E-state index contributed by atoms with van der Waals surface area (Å²) >= 11 is 0. The number of hydrogen-bond donors (Lipinski definition) is 1. The lowest BCUT2D eigenvalue weighted by molar-refractivity contribution is 0.0828. The summed E-state index contributed by atoms with van der Waals surface area (Å²) in [7, 11) is 0. The van der Waals surface area contributed by atoms with E-state index in [1.807, 2.05) is 0 Å². The van der Waals surface area contributed by atoms with Gasteiger partial charge in [0.05, 0.1) is 0 Å². The Hall–Kier alpha value is 0.210. The van der Waals surface area contributed by atoms with E-state index in [1.165, 1.54) is 51.7 Å². The van der Waals surface area contributed by atoms with Crippen molar-refractivity contribution in [3.8, 4) is 0 Å². The van der Waals surface area contributed by atoms with E-state index in [0.717, 1.165) is 5.92 Å². The fraction of sp³-hybridized carbons (Fsp3) is 1.00. The zero-order valence-corrected chi connectivity index (χ0v) is 11.6. The first-order chi connectivity index (χ1) is 7.08. The highest BCUT2D eigenvalue weighted by Crippen LogP contribution is 2.31. The molecule has 0 radical (unpaired) electrons. The molecule has 0 aromatic rings. The third-order valence-corrected chi connectivity index (χ3v) is 4.38. The Morgan fingerprint density at radius 1 is 1.19 bits per heavy atom. The monoisotopic (exact) mass is 246 g/mol. The van der Waals surface area contributed by atoms with Gasteiger partial charge in [-0.15, -0.1) is 12.4 Å². The van der Waals surface area contributed by atoms with Gasteiger partial charge in [0.1, 0.15) is 0 Å². The molecule has 0 aromatic heterocycles. The molecule has 2 rings (SSSR count). The van der Waals surface area contributed by atoms with Crippen LogP contribution in [0.25, 0.3) is 0 Å². The molecule has 1 aliphatic heterocycles. The van der Waals surface area contributed by atoms with E-state index in [0.29, 0.717) is 11.5 Å². The summed E-state index contributed by atoms with van der Waals surface area (Å²) in [4.78, 5) is 2.65. The lowest BCUT2D eigenvalue weighted by Gasteiger charge is -2.43. The number of piperidine rings is 1. The summed E-state index contributed by atoms with van der Waals surface area (Å²) in [5, 5.41) is 0. The molecule has 2 N–H and O–H groups in total. The van der Waals surface area contributed by atoms with Crippen LogP contribution in [0.1, 0.15) is 46.0 Å². The predicted octanol–water partition coefficient (Wildman–Crippen LogP) is 2.66. The second-order valence-electron chi connectivity index (χ2n) is 6.27. The van der Waals surface area contributed by atoms with Crippen molar-refractivity contribution in [3.63, 3.8) is 0 Å². The van der Waals surface area contributed by atoms with Crippen molar-refractivity contribution in [1.29, 1.82) is 0 Å². The fourth-order valence-electron chi connectivity index (χ4n) is 3.20. The SMILES string of the molecule is CC1(C)CN(CC2CCCC2)CCC1N.Cl. The first-order valence-electron chi connectivity index (χ1n) is 6.56. The highest BCUT2D eigenvalue weighted by atomic mass is 35.5. The normalized spacial score (nSPS) is 31.3. The van der Waals surface area contributed by atoms with E-state index >= 15 is 0 Å². The Morgan fingerprint density at radius 3 is 2.38 bits per heavy atom. The Balaban J connectivity index is 0.00000128. The first-order valence-corrected chi connectivity index (χ1v) is 6.56. The van der Waals surface area contributed by atoms with Gasteiger partial charge in [0.2, 0.25) is 0 Å². The number of halogens is 1. The molecular weight excluding hydrogens is 220 g/mol. The van der Waals surface area contributed by atoms with E-state index in [9.17, 15) is 0 Å². The van der Waals surface area contributed by atoms with Crippen LogP contribution in [0.5, 0.6) is 0 Å². The van der Waals surface area contributed by atoms with Crippen LogP contribution in [-0.4, -0.2) is 30.6 Å². The summed E-state index contributed by atoms with van der Waals surface area (Å²) in [5.74, 6) is 0.982. The molecule has 1 aliphatic carbocycles. The highest BCUT2D eigenvalue weighted by Gasteiger charge is 2.34. The topological polar surface area (TPSA) is 29.3 Å². The molecule has 0 aromatic carbocycles. The van der Waals surface area contributed by atoms with Crippen molar-refractivity contribution >= 4 is 12.4 Å². The molecule has 2 fully saturated rings. The molecule has 2 aliphatic rings. The maximum absolute atomic E-state index is 6.16. The number of likely N-dealkylation sites (tertiary alicyclic amines) is 1. The van der Waals surface area contributed by atoms with Crippen molar-refractivity contribution in [2.24, 2.45) is 17.1 Å². The zero-order chi connectivity index (χ0) is 10.9. The average molecular weight is 247 g/mol. The summed E-state index contributed by atoms with van der Waals surface area (Å²) in [6.07, 6.45) is 7.02. The van der Waals surface area contributed by atoms with Crippen molar-refractivity contribution in [3.05, 3.63) is 0 Å². The Labute approximate surface area is 106 Å². The smallest absolute Gasteiger partial charge is 0.0115 e. The van der Waals surface area contributed by atoms with Gasteiger partial charge in [-0.3, -0.25) is 0 Å². The number of hydrogen-bond acceptors (Lipinski definition) is 2. The van der Waals surface area contributed by atoms with E-state index in [2.05, 4.69) is 18.7 Å². The summed E-state index contributed by atoms with van der Waals surface area (Å²) < 4.78 is 0. The maximum atomic E-state index is 6.16. The van der Waals surface area contributed by atoms with E-state index < -0.39 is 0 Å². The lowest BCUT2D eigenvalue weighted by Crippen LogP contribution is -2.53. The second-order valence-corrected chi connectivity index (χ2v) is 6.27. The standard InChI is InChI=1S/C13H26N2.ClH/c1-13(2)10-15(8-7-12(13)14)9-11-5-3-4-6-11;/h11-12H,3-10,14H2,1-2H3;1H. The molecule has 1 saturated heterocycles. The van der Waals surface area contributed by atoms with Crippen molar-refractivity contribution in [2.75, 3.05) is 19.6 Å². The molecule has 0 bridgehead atoms. The molecule has 1 saturated carbocycles. The van der Waals surface area contributed by atoms with Gasteiger partial charge in [-0.1, -0.05) is 26.7 Å². The molecule has 1 atom stereocenters. The van der Waals surface area contributed by atoms with Crippen LogP contribution in [0.2, 0.25) is 0 Å². The molecule has 0 amide bonds. The molecule has 1 heterocycles. The van der Waals surface area contributed by atoms with Crippen LogP contribution in [0.3, 0.4) is 0 Å². The molecular formula is C13H27ClN2. The molecule has 0 spiro atoms.